The molecular weight excluding hydrogens is 633 g/mol. The summed E-state index contributed by atoms with van der Waals surface area (Å²) in [5, 5.41) is 1.32. The molecule has 2 heterocycles. The van der Waals surface area contributed by atoms with Crippen LogP contribution in [0.3, 0.4) is 0 Å². The van der Waals surface area contributed by atoms with Gasteiger partial charge < -0.3 is 4.57 Å². The number of aromatic nitrogens is 4. The maximum atomic E-state index is 5.07. The lowest BCUT2D eigenvalue weighted by atomic mass is 9.93. The van der Waals surface area contributed by atoms with Gasteiger partial charge in [0, 0.05) is 44.6 Å². The summed E-state index contributed by atoms with van der Waals surface area (Å²) < 4.78 is 2.54. The Hall–Kier alpha value is -6.13. The third-order valence-electron chi connectivity index (χ3n) is 10.3. The van der Waals surface area contributed by atoms with Crippen LogP contribution in [0.5, 0.6) is 0 Å². The van der Waals surface area contributed by atoms with Gasteiger partial charge in [-0.05, 0) is 59.6 Å². The monoisotopic (exact) mass is 672 g/mol. The quantitative estimate of drug-likeness (QED) is 0.161. The van der Waals surface area contributed by atoms with Gasteiger partial charge in [-0.3, -0.25) is 0 Å². The molecule has 0 bridgehead atoms. The van der Waals surface area contributed by atoms with E-state index in [1.807, 2.05) is 36.4 Å². The SMILES string of the molecule is CCC/C(=C\C1=Cc2c(cccc2-c2nc(-c3ccccc3)nc(-c3ccccc3)n2)C1)c1cccc2c3c(n(-c4ccccc4)c12)CC(C)C=C3. The second-order valence-electron chi connectivity index (χ2n) is 14.0. The fourth-order valence-electron chi connectivity index (χ4n) is 7.94. The standard InChI is InChI=1S/C48H40N4/c1-3-15-36(39-23-14-24-41-40-27-26-32(2)28-44(40)52(45(39)41)38-21-11-6-12-22-38)29-33-30-37-20-13-25-42(43(37)31-33)48-50-46(34-16-7-4-8-17-34)49-47(51-48)35-18-9-5-10-19-35/h4-14,16-27,29,31-32H,3,15,28,30H2,1-2H3/b36-29+. The number of allylic oxidation sites excluding steroid dienone is 4. The highest BCUT2D eigenvalue weighted by Crippen LogP contribution is 2.41. The minimum absolute atomic E-state index is 0.502. The van der Waals surface area contributed by atoms with E-state index in [-0.39, 0.29) is 0 Å². The van der Waals surface area contributed by atoms with Crippen molar-refractivity contribution in [3.8, 4) is 39.9 Å². The van der Waals surface area contributed by atoms with Crippen LogP contribution >= 0.6 is 0 Å². The predicted octanol–water partition coefficient (Wildman–Crippen LogP) is 11.8. The Balaban J connectivity index is 1.18. The number of fused-ring (bicyclic) bond motifs is 4. The highest BCUT2D eigenvalue weighted by Gasteiger charge is 2.25. The molecule has 1 atom stereocenters. The van der Waals surface area contributed by atoms with Gasteiger partial charge in [-0.1, -0.05) is 160 Å². The lowest BCUT2D eigenvalue weighted by Crippen LogP contribution is -2.08. The van der Waals surface area contributed by atoms with Gasteiger partial charge in [0.2, 0.25) is 0 Å². The molecule has 4 nitrogen and oxygen atoms in total. The molecular formula is C48H40N4. The van der Waals surface area contributed by atoms with Crippen molar-refractivity contribution in [3.63, 3.8) is 0 Å². The van der Waals surface area contributed by atoms with Crippen LogP contribution < -0.4 is 0 Å². The molecule has 0 saturated carbocycles. The molecule has 2 aromatic heterocycles. The molecule has 0 fully saturated rings. The first kappa shape index (κ1) is 31.8. The van der Waals surface area contributed by atoms with Crippen molar-refractivity contribution in [2.24, 2.45) is 5.92 Å². The van der Waals surface area contributed by atoms with Gasteiger partial charge in [0.1, 0.15) is 0 Å². The molecule has 0 aliphatic heterocycles. The molecule has 0 spiro atoms. The average Bonchev–Trinajstić information content (AvgIpc) is 3.77. The summed E-state index contributed by atoms with van der Waals surface area (Å²) in [4.78, 5) is 15.1. The summed E-state index contributed by atoms with van der Waals surface area (Å²) in [7, 11) is 0. The van der Waals surface area contributed by atoms with Gasteiger partial charge in [-0.15, -0.1) is 0 Å². The molecule has 0 saturated heterocycles. The van der Waals surface area contributed by atoms with Crippen molar-refractivity contribution in [3.05, 3.63) is 173 Å². The second-order valence-corrected chi connectivity index (χ2v) is 14.0. The Morgan fingerprint density at radius 1 is 0.712 bits per heavy atom. The smallest absolute Gasteiger partial charge is 0.164 e. The Labute approximate surface area is 305 Å². The molecule has 5 aromatic carbocycles. The summed E-state index contributed by atoms with van der Waals surface area (Å²) in [5.74, 6) is 2.55. The van der Waals surface area contributed by atoms with Crippen molar-refractivity contribution in [1.29, 1.82) is 0 Å². The van der Waals surface area contributed by atoms with Crippen molar-refractivity contribution in [1.82, 2.24) is 19.5 Å². The second kappa shape index (κ2) is 13.5. The molecule has 2 aliphatic rings. The highest BCUT2D eigenvalue weighted by atomic mass is 15.0. The average molecular weight is 673 g/mol. The van der Waals surface area contributed by atoms with Gasteiger partial charge in [0.05, 0.1) is 5.52 Å². The molecule has 52 heavy (non-hydrogen) atoms. The van der Waals surface area contributed by atoms with Gasteiger partial charge in [0.25, 0.3) is 0 Å². The van der Waals surface area contributed by atoms with Gasteiger partial charge >= 0.3 is 0 Å². The molecule has 9 rings (SSSR count). The normalized spacial score (nSPS) is 15.1. The minimum atomic E-state index is 0.502. The third-order valence-corrected chi connectivity index (χ3v) is 10.3. The fraction of sp³-hybridized carbons (Fsp3) is 0.146. The summed E-state index contributed by atoms with van der Waals surface area (Å²) >= 11 is 0. The van der Waals surface area contributed by atoms with E-state index in [1.165, 1.54) is 55.7 Å². The lowest BCUT2D eigenvalue weighted by molar-refractivity contribution is 0.690. The number of rotatable bonds is 8. The number of nitrogens with zero attached hydrogens (tertiary/aromatic N) is 4. The van der Waals surface area contributed by atoms with Crippen LogP contribution in [0.1, 0.15) is 54.6 Å². The van der Waals surface area contributed by atoms with E-state index in [0.29, 0.717) is 23.4 Å². The number of hydrogen-bond acceptors (Lipinski definition) is 3. The maximum absolute atomic E-state index is 5.07. The minimum Gasteiger partial charge on any atom is -0.312 e. The van der Waals surface area contributed by atoms with E-state index < -0.39 is 0 Å². The van der Waals surface area contributed by atoms with Crippen LogP contribution in [0.25, 0.3) is 68.5 Å². The van der Waals surface area contributed by atoms with Crippen molar-refractivity contribution >= 4 is 28.6 Å². The summed E-state index contributed by atoms with van der Waals surface area (Å²) in [5.41, 5.74) is 14.7. The van der Waals surface area contributed by atoms with E-state index in [1.54, 1.807) is 0 Å². The zero-order valence-corrected chi connectivity index (χ0v) is 29.6. The molecule has 4 heteroatoms. The summed E-state index contributed by atoms with van der Waals surface area (Å²) in [6, 6.07) is 44.7. The largest absolute Gasteiger partial charge is 0.312 e. The molecule has 7 aromatic rings. The Morgan fingerprint density at radius 3 is 2.06 bits per heavy atom. The zero-order chi connectivity index (χ0) is 35.0. The Kier molecular flexibility index (Phi) is 8.28. The van der Waals surface area contributed by atoms with Gasteiger partial charge in [0.15, 0.2) is 17.5 Å². The molecule has 0 radical (unpaired) electrons. The van der Waals surface area contributed by atoms with Gasteiger partial charge in [-0.2, -0.15) is 0 Å². The van der Waals surface area contributed by atoms with Crippen LogP contribution in [-0.2, 0) is 12.8 Å². The first-order chi connectivity index (χ1) is 25.6. The molecule has 1 unspecified atom stereocenters. The van der Waals surface area contributed by atoms with E-state index in [4.69, 9.17) is 15.0 Å². The van der Waals surface area contributed by atoms with Crippen LogP contribution in [-0.4, -0.2) is 19.5 Å². The number of para-hydroxylation sites is 2. The van der Waals surface area contributed by atoms with Crippen molar-refractivity contribution in [2.45, 2.75) is 39.5 Å². The Bertz CT molecular complexity index is 2460. The van der Waals surface area contributed by atoms with Crippen molar-refractivity contribution in [2.75, 3.05) is 0 Å². The Morgan fingerprint density at radius 2 is 1.37 bits per heavy atom. The maximum Gasteiger partial charge on any atom is 0.164 e. The first-order valence-corrected chi connectivity index (χ1v) is 18.4. The van der Waals surface area contributed by atoms with Crippen LogP contribution in [0.4, 0.5) is 0 Å². The van der Waals surface area contributed by atoms with Crippen LogP contribution in [0.2, 0.25) is 0 Å². The van der Waals surface area contributed by atoms with E-state index in [2.05, 4.69) is 134 Å². The van der Waals surface area contributed by atoms with E-state index in [0.717, 1.165) is 42.4 Å². The van der Waals surface area contributed by atoms with Crippen LogP contribution in [0.15, 0.2) is 145 Å². The first-order valence-electron chi connectivity index (χ1n) is 18.4. The summed E-state index contributed by atoms with van der Waals surface area (Å²) in [6.45, 7) is 4.60. The highest BCUT2D eigenvalue weighted by molar-refractivity contribution is 6.00. The molecule has 252 valence electrons. The fourth-order valence-corrected chi connectivity index (χ4v) is 7.94. The number of hydrogen-bond donors (Lipinski definition) is 0. The molecule has 0 amide bonds. The van der Waals surface area contributed by atoms with Gasteiger partial charge in [-0.25, -0.2) is 15.0 Å². The van der Waals surface area contributed by atoms with Crippen molar-refractivity contribution < 1.29 is 0 Å². The topological polar surface area (TPSA) is 43.6 Å². The summed E-state index contributed by atoms with van der Waals surface area (Å²) in [6.07, 6.45) is 13.5. The number of benzene rings is 5. The zero-order valence-electron chi connectivity index (χ0n) is 29.6. The predicted molar refractivity (Wildman–Crippen MR) is 216 cm³/mol. The van der Waals surface area contributed by atoms with E-state index in [9.17, 15) is 0 Å². The molecule has 2 aliphatic carbocycles. The van der Waals surface area contributed by atoms with Crippen LogP contribution in [0, 0.1) is 5.92 Å². The molecule has 0 N–H and O–H groups in total. The van der Waals surface area contributed by atoms with E-state index >= 15 is 0 Å². The third kappa shape index (κ3) is 5.80. The lowest BCUT2D eigenvalue weighted by Gasteiger charge is -2.18.